The van der Waals surface area contributed by atoms with Gasteiger partial charge in [-0.3, -0.25) is 4.79 Å². The van der Waals surface area contributed by atoms with Gasteiger partial charge in [-0.15, -0.1) is 0 Å². The molecular formula is C14H23N3O. The molecule has 0 saturated heterocycles. The first-order chi connectivity index (χ1) is 8.69. The van der Waals surface area contributed by atoms with Crippen LogP contribution in [0.3, 0.4) is 0 Å². The molecule has 0 aliphatic carbocycles. The van der Waals surface area contributed by atoms with Crippen molar-refractivity contribution in [1.82, 2.24) is 5.32 Å². The zero-order chi connectivity index (χ0) is 13.4. The van der Waals surface area contributed by atoms with Gasteiger partial charge >= 0.3 is 0 Å². The smallest absolute Gasteiger partial charge is 0.253 e. The maximum atomic E-state index is 11.7. The van der Waals surface area contributed by atoms with Crippen LogP contribution in [0.1, 0.15) is 43.0 Å². The molecule has 1 amide bonds. The summed E-state index contributed by atoms with van der Waals surface area (Å²) >= 11 is 0. The van der Waals surface area contributed by atoms with Crippen LogP contribution in [0, 0.1) is 0 Å². The van der Waals surface area contributed by atoms with E-state index in [0.29, 0.717) is 11.3 Å². The van der Waals surface area contributed by atoms with Gasteiger partial charge in [0.1, 0.15) is 0 Å². The van der Waals surface area contributed by atoms with E-state index in [1.165, 1.54) is 19.3 Å². The molecule has 0 aliphatic rings. The Morgan fingerprint density at radius 2 is 2.06 bits per heavy atom. The number of unbranched alkanes of at least 4 members (excludes halogenated alkanes) is 3. The monoisotopic (exact) mass is 249 g/mol. The summed E-state index contributed by atoms with van der Waals surface area (Å²) in [6, 6.07) is 5.31. The predicted octanol–water partition coefficient (Wildman–Crippen LogP) is 2.62. The summed E-state index contributed by atoms with van der Waals surface area (Å²) in [5.41, 5.74) is 7.87. The van der Waals surface area contributed by atoms with Crippen molar-refractivity contribution in [3.63, 3.8) is 0 Å². The van der Waals surface area contributed by atoms with Gasteiger partial charge in [0.2, 0.25) is 0 Å². The Labute approximate surface area is 109 Å². The van der Waals surface area contributed by atoms with Crippen molar-refractivity contribution in [3.8, 4) is 0 Å². The van der Waals surface area contributed by atoms with E-state index in [0.717, 1.165) is 18.7 Å². The molecule has 1 aromatic rings. The normalized spacial score (nSPS) is 10.1. The molecule has 4 heteroatoms. The van der Waals surface area contributed by atoms with Crippen LogP contribution in [0.25, 0.3) is 0 Å². The lowest BCUT2D eigenvalue weighted by atomic mass is 10.1. The van der Waals surface area contributed by atoms with Crippen LogP contribution in [0.2, 0.25) is 0 Å². The standard InChI is InChI=1S/C14H23N3O/c1-3-4-5-6-9-17-13-10-11(15)7-8-12(13)14(18)16-2/h7-8,10,17H,3-6,9,15H2,1-2H3,(H,16,18). The number of anilines is 2. The minimum atomic E-state index is -0.0916. The Bertz CT molecular complexity index is 391. The number of rotatable bonds is 7. The van der Waals surface area contributed by atoms with Gasteiger partial charge in [-0.25, -0.2) is 0 Å². The molecule has 0 atom stereocenters. The molecule has 0 bridgehead atoms. The summed E-state index contributed by atoms with van der Waals surface area (Å²) in [4.78, 5) is 11.7. The molecule has 0 fully saturated rings. The lowest BCUT2D eigenvalue weighted by Crippen LogP contribution is -2.20. The summed E-state index contributed by atoms with van der Waals surface area (Å²) in [5.74, 6) is -0.0916. The Balaban J connectivity index is 2.62. The largest absolute Gasteiger partial charge is 0.399 e. The van der Waals surface area contributed by atoms with Crippen LogP contribution in [-0.4, -0.2) is 19.5 Å². The third-order valence-corrected chi connectivity index (χ3v) is 2.86. The average Bonchev–Trinajstić information content (AvgIpc) is 2.38. The number of hydrogen-bond donors (Lipinski definition) is 3. The van der Waals surface area contributed by atoms with Gasteiger partial charge in [0, 0.05) is 25.0 Å². The van der Waals surface area contributed by atoms with Crippen LogP contribution in [0.5, 0.6) is 0 Å². The van der Waals surface area contributed by atoms with Gasteiger partial charge in [-0.1, -0.05) is 26.2 Å². The van der Waals surface area contributed by atoms with Crippen molar-refractivity contribution >= 4 is 17.3 Å². The SMILES string of the molecule is CCCCCCNc1cc(N)ccc1C(=O)NC. The van der Waals surface area contributed by atoms with Crippen LogP contribution >= 0.6 is 0 Å². The number of carbonyl (C=O) groups is 1. The van der Waals surface area contributed by atoms with Crippen molar-refractivity contribution in [2.45, 2.75) is 32.6 Å². The molecule has 4 nitrogen and oxygen atoms in total. The molecule has 18 heavy (non-hydrogen) atoms. The molecule has 0 aromatic heterocycles. The third kappa shape index (κ3) is 4.28. The van der Waals surface area contributed by atoms with Gasteiger partial charge < -0.3 is 16.4 Å². The van der Waals surface area contributed by atoms with Crippen molar-refractivity contribution in [3.05, 3.63) is 23.8 Å². The Hall–Kier alpha value is -1.71. The molecule has 1 aromatic carbocycles. The maximum absolute atomic E-state index is 11.7. The topological polar surface area (TPSA) is 67.1 Å². The van der Waals surface area contributed by atoms with Gasteiger partial charge in [0.15, 0.2) is 0 Å². The Morgan fingerprint density at radius 1 is 1.28 bits per heavy atom. The molecule has 0 heterocycles. The Kier molecular flexibility index (Phi) is 6.05. The van der Waals surface area contributed by atoms with Gasteiger partial charge in [0.25, 0.3) is 5.91 Å². The zero-order valence-electron chi connectivity index (χ0n) is 11.3. The molecule has 1 rings (SSSR count). The van der Waals surface area contributed by atoms with E-state index < -0.39 is 0 Å². The maximum Gasteiger partial charge on any atom is 0.253 e. The minimum Gasteiger partial charge on any atom is -0.399 e. The molecule has 0 saturated carbocycles. The number of amides is 1. The first kappa shape index (κ1) is 14.4. The van der Waals surface area contributed by atoms with Crippen LogP contribution < -0.4 is 16.4 Å². The van der Waals surface area contributed by atoms with Crippen molar-refractivity contribution in [1.29, 1.82) is 0 Å². The molecule has 0 radical (unpaired) electrons. The molecular weight excluding hydrogens is 226 g/mol. The Morgan fingerprint density at radius 3 is 2.72 bits per heavy atom. The molecule has 0 aliphatic heterocycles. The van der Waals surface area contributed by atoms with Gasteiger partial charge in [0.05, 0.1) is 5.56 Å². The second kappa shape index (κ2) is 7.58. The van der Waals surface area contributed by atoms with Gasteiger partial charge in [-0.05, 0) is 24.6 Å². The number of nitrogens with one attached hydrogen (secondary N) is 2. The number of nitrogens with two attached hydrogens (primary N) is 1. The van der Waals surface area contributed by atoms with E-state index in [-0.39, 0.29) is 5.91 Å². The van der Waals surface area contributed by atoms with E-state index in [1.54, 1.807) is 19.2 Å². The fourth-order valence-corrected chi connectivity index (χ4v) is 1.82. The minimum absolute atomic E-state index is 0.0916. The zero-order valence-corrected chi connectivity index (χ0v) is 11.3. The molecule has 4 N–H and O–H groups in total. The van der Waals surface area contributed by atoms with Crippen molar-refractivity contribution < 1.29 is 4.79 Å². The fraction of sp³-hybridized carbons (Fsp3) is 0.500. The van der Waals surface area contributed by atoms with E-state index in [9.17, 15) is 4.79 Å². The van der Waals surface area contributed by atoms with Crippen molar-refractivity contribution in [2.75, 3.05) is 24.6 Å². The van der Waals surface area contributed by atoms with E-state index in [1.807, 2.05) is 6.07 Å². The summed E-state index contributed by atoms with van der Waals surface area (Å²) in [6.45, 7) is 3.06. The lowest BCUT2D eigenvalue weighted by Gasteiger charge is -2.12. The first-order valence-corrected chi connectivity index (χ1v) is 6.54. The highest BCUT2D eigenvalue weighted by atomic mass is 16.1. The first-order valence-electron chi connectivity index (χ1n) is 6.54. The summed E-state index contributed by atoms with van der Waals surface area (Å²) in [7, 11) is 1.63. The number of benzene rings is 1. The lowest BCUT2D eigenvalue weighted by molar-refractivity contribution is 0.0964. The summed E-state index contributed by atoms with van der Waals surface area (Å²) in [5, 5.41) is 5.92. The fourth-order valence-electron chi connectivity index (χ4n) is 1.82. The third-order valence-electron chi connectivity index (χ3n) is 2.86. The molecule has 100 valence electrons. The second-order valence-electron chi connectivity index (χ2n) is 4.37. The van der Waals surface area contributed by atoms with Crippen LogP contribution in [-0.2, 0) is 0 Å². The summed E-state index contributed by atoms with van der Waals surface area (Å²) in [6.07, 6.45) is 4.79. The van der Waals surface area contributed by atoms with E-state index in [2.05, 4.69) is 17.6 Å². The van der Waals surface area contributed by atoms with Gasteiger partial charge in [-0.2, -0.15) is 0 Å². The highest BCUT2D eigenvalue weighted by Gasteiger charge is 2.09. The number of carbonyl (C=O) groups excluding carboxylic acids is 1. The average molecular weight is 249 g/mol. The van der Waals surface area contributed by atoms with E-state index in [4.69, 9.17) is 5.73 Å². The number of hydrogen-bond acceptors (Lipinski definition) is 3. The predicted molar refractivity (Wildman–Crippen MR) is 76.9 cm³/mol. The van der Waals surface area contributed by atoms with E-state index >= 15 is 0 Å². The molecule has 0 unspecified atom stereocenters. The van der Waals surface area contributed by atoms with Crippen molar-refractivity contribution in [2.24, 2.45) is 0 Å². The number of nitrogen functional groups attached to an aromatic ring is 1. The quantitative estimate of drug-likeness (QED) is 0.514. The summed E-state index contributed by atoms with van der Waals surface area (Å²) < 4.78 is 0. The highest BCUT2D eigenvalue weighted by molar-refractivity contribution is 6.00. The molecule has 0 spiro atoms. The second-order valence-corrected chi connectivity index (χ2v) is 4.37. The van der Waals surface area contributed by atoms with Crippen LogP contribution in [0.4, 0.5) is 11.4 Å². The van der Waals surface area contributed by atoms with Crippen LogP contribution in [0.15, 0.2) is 18.2 Å². The highest BCUT2D eigenvalue weighted by Crippen LogP contribution is 2.19.